The zero-order valence-corrected chi connectivity index (χ0v) is 13.2. The molecule has 1 heterocycles. The minimum Gasteiger partial charge on any atom is -0.396 e. The van der Waals surface area contributed by atoms with Crippen LogP contribution in [0.5, 0.6) is 0 Å². The molecule has 0 saturated carbocycles. The highest BCUT2D eigenvalue weighted by Crippen LogP contribution is 2.21. The van der Waals surface area contributed by atoms with Gasteiger partial charge in [-0.05, 0) is 19.3 Å². The Morgan fingerprint density at radius 2 is 1.85 bits per heavy atom. The van der Waals surface area contributed by atoms with Gasteiger partial charge in [0.15, 0.2) is 5.69 Å². The van der Waals surface area contributed by atoms with Crippen molar-refractivity contribution in [2.45, 2.75) is 65.3 Å². The highest BCUT2D eigenvalue weighted by molar-refractivity contribution is 5.97. The van der Waals surface area contributed by atoms with E-state index in [0.29, 0.717) is 11.5 Å². The number of nitrogens with one attached hydrogen (secondary N) is 1. The van der Waals surface area contributed by atoms with Gasteiger partial charge < -0.3 is 11.1 Å². The monoisotopic (exact) mass is 278 g/mol. The molecule has 1 aromatic heterocycles. The number of nitrogens with two attached hydrogens (primary N) is 1. The number of amides is 1. The number of hydrogen-bond donors (Lipinski definition) is 2. The van der Waals surface area contributed by atoms with Crippen LogP contribution in [0, 0.1) is 0 Å². The van der Waals surface area contributed by atoms with Crippen molar-refractivity contribution in [2.24, 2.45) is 0 Å². The molecule has 0 bridgehead atoms. The first-order chi connectivity index (χ1) is 9.39. The number of nitrogen functional groups attached to an aromatic ring is 1. The second-order valence-electron chi connectivity index (χ2n) is 5.48. The summed E-state index contributed by atoms with van der Waals surface area (Å²) >= 11 is 0. The molecule has 0 fully saturated rings. The van der Waals surface area contributed by atoms with Crippen LogP contribution in [0.15, 0.2) is 6.20 Å². The summed E-state index contributed by atoms with van der Waals surface area (Å²) in [6.45, 7) is 10.2. The van der Waals surface area contributed by atoms with E-state index in [1.807, 2.05) is 13.8 Å². The van der Waals surface area contributed by atoms with E-state index in [0.717, 1.165) is 19.3 Å². The SMILES string of the molecule is CCC(CC)(CC)NC(=O)c1nc(C(C)C)ncc1N. The van der Waals surface area contributed by atoms with E-state index in [-0.39, 0.29) is 23.1 Å². The molecule has 0 atom stereocenters. The van der Waals surface area contributed by atoms with Crippen LogP contribution >= 0.6 is 0 Å². The van der Waals surface area contributed by atoms with E-state index in [1.54, 1.807) is 0 Å². The molecule has 0 radical (unpaired) electrons. The van der Waals surface area contributed by atoms with E-state index in [4.69, 9.17) is 5.73 Å². The van der Waals surface area contributed by atoms with Gasteiger partial charge in [-0.1, -0.05) is 34.6 Å². The highest BCUT2D eigenvalue weighted by atomic mass is 16.2. The first-order valence-electron chi connectivity index (χ1n) is 7.34. The quantitative estimate of drug-likeness (QED) is 0.838. The molecule has 0 spiro atoms. The summed E-state index contributed by atoms with van der Waals surface area (Å²) in [7, 11) is 0. The van der Waals surface area contributed by atoms with E-state index < -0.39 is 0 Å². The van der Waals surface area contributed by atoms with Gasteiger partial charge in [-0.25, -0.2) is 9.97 Å². The van der Waals surface area contributed by atoms with Crippen LogP contribution in [0.3, 0.4) is 0 Å². The predicted octanol–water partition coefficient (Wildman–Crippen LogP) is 2.88. The summed E-state index contributed by atoms with van der Waals surface area (Å²) in [5, 5.41) is 3.09. The van der Waals surface area contributed by atoms with E-state index in [1.165, 1.54) is 6.20 Å². The summed E-state index contributed by atoms with van der Waals surface area (Å²) in [6, 6.07) is 0. The molecular weight excluding hydrogens is 252 g/mol. The van der Waals surface area contributed by atoms with Gasteiger partial charge in [-0.15, -0.1) is 0 Å². The van der Waals surface area contributed by atoms with Crippen molar-refractivity contribution in [1.82, 2.24) is 15.3 Å². The van der Waals surface area contributed by atoms with E-state index in [2.05, 4.69) is 36.1 Å². The summed E-state index contributed by atoms with van der Waals surface area (Å²) < 4.78 is 0. The second-order valence-corrected chi connectivity index (χ2v) is 5.48. The van der Waals surface area contributed by atoms with Crippen LogP contribution in [0.25, 0.3) is 0 Å². The molecule has 3 N–H and O–H groups in total. The molecule has 20 heavy (non-hydrogen) atoms. The maximum Gasteiger partial charge on any atom is 0.272 e. The normalized spacial score (nSPS) is 11.7. The third kappa shape index (κ3) is 3.46. The average Bonchev–Trinajstić information content (AvgIpc) is 2.45. The van der Waals surface area contributed by atoms with Gasteiger partial charge in [0.25, 0.3) is 5.91 Å². The fraction of sp³-hybridized carbons (Fsp3) is 0.667. The standard InChI is InChI=1S/C15H26N4O/c1-6-15(7-2,8-3)19-14(20)12-11(16)9-17-13(18-12)10(4)5/h9-10H,6-8,16H2,1-5H3,(H,19,20). The molecule has 1 amide bonds. The zero-order valence-electron chi connectivity index (χ0n) is 13.2. The van der Waals surface area contributed by atoms with Gasteiger partial charge >= 0.3 is 0 Å². The molecule has 0 unspecified atom stereocenters. The number of carbonyl (C=O) groups is 1. The van der Waals surface area contributed by atoms with Gasteiger partial charge in [0.05, 0.1) is 11.9 Å². The minimum atomic E-state index is -0.211. The Balaban J connectivity index is 3.05. The maximum absolute atomic E-state index is 12.5. The summed E-state index contributed by atoms with van der Waals surface area (Å²) in [5.41, 5.74) is 6.26. The average molecular weight is 278 g/mol. The van der Waals surface area contributed by atoms with Crippen molar-refractivity contribution in [3.8, 4) is 0 Å². The van der Waals surface area contributed by atoms with Gasteiger partial charge in [-0.2, -0.15) is 0 Å². The molecule has 0 aliphatic carbocycles. The number of rotatable bonds is 6. The van der Waals surface area contributed by atoms with Crippen LogP contribution in [-0.2, 0) is 0 Å². The lowest BCUT2D eigenvalue weighted by molar-refractivity contribution is 0.0883. The van der Waals surface area contributed by atoms with Crippen LogP contribution in [0.1, 0.15) is 76.1 Å². The third-order valence-electron chi connectivity index (χ3n) is 3.98. The first-order valence-corrected chi connectivity index (χ1v) is 7.34. The van der Waals surface area contributed by atoms with Crippen LogP contribution in [-0.4, -0.2) is 21.4 Å². The Kier molecular flexibility index (Phi) is 5.48. The predicted molar refractivity (Wildman–Crippen MR) is 81.6 cm³/mol. The molecule has 5 heteroatoms. The van der Waals surface area contributed by atoms with Crippen molar-refractivity contribution in [3.63, 3.8) is 0 Å². The fourth-order valence-electron chi connectivity index (χ4n) is 2.18. The Hall–Kier alpha value is -1.65. The van der Waals surface area contributed by atoms with Crippen molar-refractivity contribution >= 4 is 11.6 Å². The second kappa shape index (κ2) is 6.68. The largest absolute Gasteiger partial charge is 0.396 e. The van der Waals surface area contributed by atoms with Gasteiger partial charge in [0, 0.05) is 11.5 Å². The zero-order chi connectivity index (χ0) is 15.3. The molecule has 0 aliphatic rings. The molecule has 1 rings (SSSR count). The van der Waals surface area contributed by atoms with Gasteiger partial charge in [-0.3, -0.25) is 4.79 Å². The Labute approximate surface area is 121 Å². The Morgan fingerprint density at radius 3 is 2.30 bits per heavy atom. The van der Waals surface area contributed by atoms with E-state index >= 15 is 0 Å². The molecule has 5 nitrogen and oxygen atoms in total. The number of hydrogen-bond acceptors (Lipinski definition) is 4. The number of nitrogens with zero attached hydrogens (tertiary/aromatic N) is 2. The fourth-order valence-corrected chi connectivity index (χ4v) is 2.18. The highest BCUT2D eigenvalue weighted by Gasteiger charge is 2.28. The van der Waals surface area contributed by atoms with Crippen LogP contribution in [0.2, 0.25) is 0 Å². The van der Waals surface area contributed by atoms with Crippen molar-refractivity contribution in [3.05, 3.63) is 17.7 Å². The molecule has 112 valence electrons. The number of carbonyl (C=O) groups excluding carboxylic acids is 1. The smallest absolute Gasteiger partial charge is 0.272 e. The first kappa shape index (κ1) is 16.4. The topological polar surface area (TPSA) is 80.9 Å². The van der Waals surface area contributed by atoms with E-state index in [9.17, 15) is 4.79 Å². The van der Waals surface area contributed by atoms with Gasteiger partial charge in [0.2, 0.25) is 0 Å². The lowest BCUT2D eigenvalue weighted by Gasteiger charge is -2.31. The summed E-state index contributed by atoms with van der Waals surface area (Å²) in [5.74, 6) is 0.590. The number of anilines is 1. The Morgan fingerprint density at radius 1 is 1.30 bits per heavy atom. The summed E-state index contributed by atoms with van der Waals surface area (Å²) in [6.07, 6.45) is 4.16. The van der Waals surface area contributed by atoms with Crippen molar-refractivity contribution < 1.29 is 4.79 Å². The molecule has 1 aromatic rings. The Bertz CT molecular complexity index is 459. The molecule has 0 aliphatic heterocycles. The molecular formula is C15H26N4O. The minimum absolute atomic E-state index is 0.162. The van der Waals surface area contributed by atoms with Crippen molar-refractivity contribution in [1.29, 1.82) is 0 Å². The molecule has 0 saturated heterocycles. The third-order valence-corrected chi connectivity index (χ3v) is 3.98. The summed E-state index contributed by atoms with van der Waals surface area (Å²) in [4.78, 5) is 20.9. The van der Waals surface area contributed by atoms with Crippen molar-refractivity contribution in [2.75, 3.05) is 5.73 Å². The van der Waals surface area contributed by atoms with Crippen LogP contribution < -0.4 is 11.1 Å². The maximum atomic E-state index is 12.5. The number of aromatic nitrogens is 2. The lowest BCUT2D eigenvalue weighted by Crippen LogP contribution is -2.47. The van der Waals surface area contributed by atoms with Crippen LogP contribution in [0.4, 0.5) is 5.69 Å². The van der Waals surface area contributed by atoms with Gasteiger partial charge in [0.1, 0.15) is 5.82 Å². The molecule has 0 aromatic carbocycles. The lowest BCUT2D eigenvalue weighted by atomic mass is 9.89.